The number of likely N-dealkylation sites (tertiary alicyclic amines) is 1. The van der Waals surface area contributed by atoms with Gasteiger partial charge in [-0.05, 0) is 57.1 Å². The molecule has 176 valence electrons. The number of aryl methyl sites for hydroxylation is 1. The molecule has 7 nitrogen and oxygen atoms in total. The zero-order valence-electron chi connectivity index (χ0n) is 19.4. The zero-order valence-corrected chi connectivity index (χ0v) is 19.4. The average molecular weight is 444 g/mol. The molecule has 1 saturated carbocycles. The predicted octanol–water partition coefficient (Wildman–Crippen LogP) is 2.67. The fourth-order valence-electron chi connectivity index (χ4n) is 4.75. The molecule has 0 radical (unpaired) electrons. The smallest absolute Gasteiger partial charge is 0.251 e. The topological polar surface area (TPSA) is 87.7 Å². The molecule has 1 aromatic carbocycles. The summed E-state index contributed by atoms with van der Waals surface area (Å²) < 4.78 is 5.05. The molecular weight excluding hydrogens is 406 g/mol. The average Bonchev–Trinajstić information content (AvgIpc) is 3.35. The number of ether oxygens (including phenoxy) is 1. The Morgan fingerprint density at radius 2 is 1.72 bits per heavy atom. The van der Waals surface area contributed by atoms with Crippen molar-refractivity contribution in [1.82, 2.24) is 15.5 Å². The Balaban J connectivity index is 1.62. The van der Waals surface area contributed by atoms with E-state index in [1.54, 1.807) is 19.2 Å². The number of hydrogen-bond donors (Lipinski definition) is 2. The maximum Gasteiger partial charge on any atom is 0.251 e. The van der Waals surface area contributed by atoms with Crippen molar-refractivity contribution >= 4 is 17.7 Å². The van der Waals surface area contributed by atoms with Gasteiger partial charge in [0, 0.05) is 44.8 Å². The van der Waals surface area contributed by atoms with E-state index >= 15 is 0 Å². The van der Waals surface area contributed by atoms with E-state index in [9.17, 15) is 14.4 Å². The summed E-state index contributed by atoms with van der Waals surface area (Å²) in [7, 11) is 1.63. The maximum absolute atomic E-state index is 13.0. The molecule has 3 rings (SSSR count). The summed E-state index contributed by atoms with van der Waals surface area (Å²) in [6.07, 6.45) is 6.42. The second-order valence-electron chi connectivity index (χ2n) is 9.10. The number of amides is 3. The first-order valence-corrected chi connectivity index (χ1v) is 11.9. The van der Waals surface area contributed by atoms with E-state index in [2.05, 4.69) is 10.6 Å². The van der Waals surface area contributed by atoms with Gasteiger partial charge in [0.25, 0.3) is 5.91 Å². The van der Waals surface area contributed by atoms with E-state index < -0.39 is 6.04 Å². The van der Waals surface area contributed by atoms with Crippen LogP contribution in [-0.4, -0.2) is 62.0 Å². The molecule has 1 unspecified atom stereocenters. The van der Waals surface area contributed by atoms with Crippen molar-refractivity contribution in [3.8, 4) is 0 Å². The van der Waals surface area contributed by atoms with Crippen molar-refractivity contribution in [2.24, 2.45) is 11.8 Å². The minimum absolute atomic E-state index is 0.000508. The zero-order chi connectivity index (χ0) is 22.9. The summed E-state index contributed by atoms with van der Waals surface area (Å²) in [5.74, 6) is 0.0333. The Morgan fingerprint density at radius 1 is 1.06 bits per heavy atom. The first-order chi connectivity index (χ1) is 15.5. The highest BCUT2D eigenvalue weighted by Gasteiger charge is 2.35. The molecule has 1 saturated heterocycles. The third-order valence-corrected chi connectivity index (χ3v) is 6.73. The SMILES string of the molecule is COCCCNC(=O)C(NC(=O)c1ccc(C)cc1)C1CCN(C(=O)C2CCCC2)CC1. The van der Waals surface area contributed by atoms with Crippen molar-refractivity contribution in [2.45, 2.75) is 57.9 Å². The summed E-state index contributed by atoms with van der Waals surface area (Å²) in [5.41, 5.74) is 1.62. The lowest BCUT2D eigenvalue weighted by Gasteiger charge is -2.36. The standard InChI is InChI=1S/C25H37N3O4/c1-18-8-10-20(11-9-18)23(29)27-22(24(30)26-14-5-17-32-2)19-12-15-28(16-13-19)25(31)21-6-3-4-7-21/h8-11,19,21-22H,3-7,12-17H2,1-2H3,(H,26,30)(H,27,29). The van der Waals surface area contributed by atoms with E-state index in [0.717, 1.165) is 37.7 Å². The minimum atomic E-state index is -0.616. The number of methoxy groups -OCH3 is 1. The molecule has 2 fully saturated rings. The first kappa shape index (κ1) is 24.2. The first-order valence-electron chi connectivity index (χ1n) is 11.9. The molecule has 2 aliphatic rings. The van der Waals surface area contributed by atoms with Crippen LogP contribution in [0.25, 0.3) is 0 Å². The third kappa shape index (κ3) is 6.55. The lowest BCUT2D eigenvalue weighted by atomic mass is 9.87. The third-order valence-electron chi connectivity index (χ3n) is 6.73. The highest BCUT2D eigenvalue weighted by molar-refractivity contribution is 5.97. The molecule has 32 heavy (non-hydrogen) atoms. The highest BCUT2D eigenvalue weighted by atomic mass is 16.5. The van der Waals surface area contributed by atoms with Gasteiger partial charge < -0.3 is 20.3 Å². The largest absolute Gasteiger partial charge is 0.385 e. The monoisotopic (exact) mass is 443 g/mol. The second kappa shape index (κ2) is 12.0. The summed E-state index contributed by atoms with van der Waals surface area (Å²) in [6, 6.07) is 6.72. The van der Waals surface area contributed by atoms with Gasteiger partial charge in [0.15, 0.2) is 0 Å². The number of nitrogens with zero attached hydrogens (tertiary/aromatic N) is 1. The van der Waals surface area contributed by atoms with E-state index in [4.69, 9.17) is 4.74 Å². The summed E-state index contributed by atoms with van der Waals surface area (Å²) in [5, 5.41) is 5.92. The van der Waals surface area contributed by atoms with Crippen LogP contribution in [0.3, 0.4) is 0 Å². The number of piperidine rings is 1. The fraction of sp³-hybridized carbons (Fsp3) is 0.640. The Hall–Kier alpha value is -2.41. The number of rotatable bonds is 9. The second-order valence-corrected chi connectivity index (χ2v) is 9.10. The van der Waals surface area contributed by atoms with Gasteiger partial charge in [-0.3, -0.25) is 14.4 Å². The Bertz CT molecular complexity index is 766. The van der Waals surface area contributed by atoms with E-state index in [1.165, 1.54) is 0 Å². The molecule has 1 atom stereocenters. The van der Waals surface area contributed by atoms with Crippen LogP contribution in [0.15, 0.2) is 24.3 Å². The number of hydrogen-bond acceptors (Lipinski definition) is 4. The van der Waals surface area contributed by atoms with Gasteiger partial charge in [-0.15, -0.1) is 0 Å². The van der Waals surface area contributed by atoms with Gasteiger partial charge in [-0.1, -0.05) is 30.5 Å². The molecule has 3 amide bonds. The van der Waals surface area contributed by atoms with Gasteiger partial charge >= 0.3 is 0 Å². The van der Waals surface area contributed by atoms with Crippen LogP contribution in [0.4, 0.5) is 0 Å². The minimum Gasteiger partial charge on any atom is -0.385 e. The molecule has 1 heterocycles. The maximum atomic E-state index is 13.0. The molecule has 0 spiro atoms. The number of nitrogens with one attached hydrogen (secondary N) is 2. The van der Waals surface area contributed by atoms with Gasteiger partial charge in [-0.2, -0.15) is 0 Å². The van der Waals surface area contributed by atoms with Crippen LogP contribution in [0, 0.1) is 18.8 Å². The Labute approximate surface area is 191 Å². The molecular formula is C25H37N3O4. The Kier molecular flexibility index (Phi) is 9.09. The van der Waals surface area contributed by atoms with Gasteiger partial charge in [0.05, 0.1) is 0 Å². The van der Waals surface area contributed by atoms with Gasteiger partial charge in [0.1, 0.15) is 6.04 Å². The van der Waals surface area contributed by atoms with Crippen molar-refractivity contribution in [1.29, 1.82) is 0 Å². The molecule has 1 aromatic rings. The van der Waals surface area contributed by atoms with Crippen LogP contribution >= 0.6 is 0 Å². The lowest BCUT2D eigenvalue weighted by Crippen LogP contribution is -2.54. The van der Waals surface area contributed by atoms with E-state index in [1.807, 2.05) is 24.0 Å². The van der Waals surface area contributed by atoms with Crippen molar-refractivity contribution in [3.05, 3.63) is 35.4 Å². The number of carbonyl (C=O) groups is 3. The fourth-order valence-corrected chi connectivity index (χ4v) is 4.75. The normalized spacial score (nSPS) is 18.4. The summed E-state index contributed by atoms with van der Waals surface area (Å²) >= 11 is 0. The van der Waals surface area contributed by atoms with Gasteiger partial charge in [-0.25, -0.2) is 0 Å². The molecule has 1 aliphatic heterocycles. The van der Waals surface area contributed by atoms with E-state index in [0.29, 0.717) is 44.6 Å². The number of carbonyl (C=O) groups excluding carboxylic acids is 3. The summed E-state index contributed by atoms with van der Waals surface area (Å²) in [6.45, 7) is 4.34. The van der Waals surface area contributed by atoms with Crippen LogP contribution in [0.1, 0.15) is 60.9 Å². The Morgan fingerprint density at radius 3 is 2.34 bits per heavy atom. The molecule has 7 heteroatoms. The van der Waals surface area contributed by atoms with Crippen LogP contribution < -0.4 is 10.6 Å². The lowest BCUT2D eigenvalue weighted by molar-refractivity contribution is -0.137. The molecule has 0 aromatic heterocycles. The molecule has 2 N–H and O–H groups in total. The predicted molar refractivity (Wildman–Crippen MR) is 123 cm³/mol. The van der Waals surface area contributed by atoms with Crippen LogP contribution in [0.5, 0.6) is 0 Å². The van der Waals surface area contributed by atoms with Crippen LogP contribution in [0.2, 0.25) is 0 Å². The van der Waals surface area contributed by atoms with Crippen molar-refractivity contribution in [3.63, 3.8) is 0 Å². The number of benzene rings is 1. The van der Waals surface area contributed by atoms with Gasteiger partial charge in [0.2, 0.25) is 11.8 Å². The van der Waals surface area contributed by atoms with Crippen LogP contribution in [-0.2, 0) is 14.3 Å². The molecule has 1 aliphatic carbocycles. The van der Waals surface area contributed by atoms with Crippen molar-refractivity contribution < 1.29 is 19.1 Å². The quantitative estimate of drug-likeness (QED) is 0.575. The highest BCUT2D eigenvalue weighted by Crippen LogP contribution is 2.29. The van der Waals surface area contributed by atoms with Crippen molar-refractivity contribution in [2.75, 3.05) is 33.4 Å². The molecule has 0 bridgehead atoms. The van der Waals surface area contributed by atoms with E-state index in [-0.39, 0.29) is 29.6 Å². The summed E-state index contributed by atoms with van der Waals surface area (Å²) in [4.78, 5) is 40.6.